The number of nitrogens with one attached hydrogen (secondary N) is 1. The topological polar surface area (TPSA) is 51.2 Å². The monoisotopic (exact) mass is 270 g/mol. The normalized spacial score (nSPS) is 9.40. The van der Waals surface area contributed by atoms with Crippen molar-refractivity contribution in [3.63, 3.8) is 0 Å². The molecule has 15 heavy (non-hydrogen) atoms. The molecule has 80 valence electrons. The zero-order valence-electron chi connectivity index (χ0n) is 8.07. The zero-order chi connectivity index (χ0) is 11.1. The van der Waals surface area contributed by atoms with Crippen molar-refractivity contribution in [2.24, 2.45) is 0 Å². The number of rotatable bonds is 5. The first-order valence-electron chi connectivity index (χ1n) is 4.34. The van der Waals surface area contributed by atoms with Crippen LogP contribution in [-0.2, 0) is 4.79 Å². The molecule has 1 aromatic rings. The van der Waals surface area contributed by atoms with Crippen LogP contribution in [0.4, 0.5) is 0 Å². The molecule has 0 aliphatic heterocycles. The number of pyridine rings is 1. The van der Waals surface area contributed by atoms with Crippen LogP contribution in [0.3, 0.4) is 0 Å². The fraction of sp³-hybridized carbons (Fsp3) is 0.200. The van der Waals surface area contributed by atoms with Gasteiger partial charge >= 0.3 is 0 Å². The van der Waals surface area contributed by atoms with Gasteiger partial charge in [0.05, 0.1) is 6.20 Å². The summed E-state index contributed by atoms with van der Waals surface area (Å²) in [7, 11) is 0. The van der Waals surface area contributed by atoms with Crippen LogP contribution in [0.25, 0.3) is 0 Å². The Bertz CT molecular complexity index is 338. The van der Waals surface area contributed by atoms with Gasteiger partial charge in [0.1, 0.15) is 10.4 Å². The second-order valence-corrected chi connectivity index (χ2v) is 3.51. The summed E-state index contributed by atoms with van der Waals surface area (Å²) in [6, 6.07) is 3.48. The summed E-state index contributed by atoms with van der Waals surface area (Å²) in [5, 5.41) is 2.60. The molecule has 0 fully saturated rings. The van der Waals surface area contributed by atoms with Crippen LogP contribution in [0, 0.1) is 0 Å². The summed E-state index contributed by atoms with van der Waals surface area (Å²) in [5.41, 5.74) is 0. The van der Waals surface area contributed by atoms with Crippen molar-refractivity contribution in [3.8, 4) is 5.75 Å². The Morgan fingerprint density at radius 1 is 1.67 bits per heavy atom. The molecular formula is C10H11BrN2O2. The SMILES string of the molecule is C=CCNC(=O)COc1ccc(Br)nc1. The lowest BCUT2D eigenvalue weighted by Gasteiger charge is -2.05. The molecule has 1 aromatic heterocycles. The molecule has 0 aliphatic rings. The molecule has 0 radical (unpaired) electrons. The highest BCUT2D eigenvalue weighted by Crippen LogP contribution is 2.12. The van der Waals surface area contributed by atoms with Crippen LogP contribution in [0.2, 0.25) is 0 Å². The maximum atomic E-state index is 11.1. The van der Waals surface area contributed by atoms with Crippen LogP contribution in [0.15, 0.2) is 35.6 Å². The molecule has 4 nitrogen and oxygen atoms in total. The van der Waals surface area contributed by atoms with Gasteiger partial charge < -0.3 is 10.1 Å². The molecule has 1 N–H and O–H groups in total. The second kappa shape index (κ2) is 6.19. The smallest absolute Gasteiger partial charge is 0.258 e. The Balaban J connectivity index is 2.33. The van der Waals surface area contributed by atoms with E-state index in [-0.39, 0.29) is 12.5 Å². The van der Waals surface area contributed by atoms with Gasteiger partial charge in [-0.1, -0.05) is 6.08 Å². The number of carbonyl (C=O) groups is 1. The molecule has 1 heterocycles. The van der Waals surface area contributed by atoms with Gasteiger partial charge in [-0.05, 0) is 28.1 Å². The summed E-state index contributed by atoms with van der Waals surface area (Å²) in [4.78, 5) is 15.1. The minimum absolute atomic E-state index is 0.0167. The maximum absolute atomic E-state index is 11.1. The van der Waals surface area contributed by atoms with Crippen molar-refractivity contribution in [1.82, 2.24) is 10.3 Å². The standard InChI is InChI=1S/C10H11BrN2O2/c1-2-5-12-10(14)7-15-8-3-4-9(11)13-6-8/h2-4,6H,1,5,7H2,(H,12,14). The van der Waals surface area contributed by atoms with Crippen LogP contribution in [0.5, 0.6) is 5.75 Å². The van der Waals surface area contributed by atoms with E-state index in [1.165, 1.54) is 0 Å². The molecule has 0 aliphatic carbocycles. The molecule has 0 saturated carbocycles. The third-order valence-electron chi connectivity index (χ3n) is 1.51. The Labute approximate surface area is 96.5 Å². The number of nitrogens with zero attached hydrogens (tertiary/aromatic N) is 1. The van der Waals surface area contributed by atoms with Crippen molar-refractivity contribution in [2.45, 2.75) is 0 Å². The lowest BCUT2D eigenvalue weighted by atomic mass is 10.4. The third-order valence-corrected chi connectivity index (χ3v) is 1.98. The summed E-state index contributed by atoms with van der Waals surface area (Å²) in [5.74, 6) is 0.379. The number of hydrogen-bond donors (Lipinski definition) is 1. The van der Waals surface area contributed by atoms with Crippen LogP contribution >= 0.6 is 15.9 Å². The van der Waals surface area contributed by atoms with E-state index >= 15 is 0 Å². The highest BCUT2D eigenvalue weighted by molar-refractivity contribution is 9.10. The van der Waals surface area contributed by atoms with Gasteiger partial charge in [0.2, 0.25) is 0 Å². The molecule has 0 unspecified atom stereocenters. The molecule has 0 saturated heterocycles. The van der Waals surface area contributed by atoms with E-state index in [9.17, 15) is 4.79 Å². The summed E-state index contributed by atoms with van der Waals surface area (Å²) in [6.07, 6.45) is 3.16. The highest BCUT2D eigenvalue weighted by Gasteiger charge is 2.00. The minimum atomic E-state index is -0.183. The first-order valence-corrected chi connectivity index (χ1v) is 5.13. The van der Waals surface area contributed by atoms with Gasteiger partial charge in [0.15, 0.2) is 6.61 Å². The Morgan fingerprint density at radius 2 is 2.47 bits per heavy atom. The van der Waals surface area contributed by atoms with Crippen LogP contribution in [-0.4, -0.2) is 24.0 Å². The molecule has 1 amide bonds. The summed E-state index contributed by atoms with van der Waals surface area (Å²) >= 11 is 3.20. The lowest BCUT2D eigenvalue weighted by molar-refractivity contribution is -0.122. The number of carbonyl (C=O) groups excluding carboxylic acids is 1. The number of amides is 1. The average Bonchev–Trinajstić information content (AvgIpc) is 2.25. The molecular weight excluding hydrogens is 260 g/mol. The van der Waals surface area contributed by atoms with Crippen molar-refractivity contribution in [2.75, 3.05) is 13.2 Å². The first kappa shape index (κ1) is 11.7. The van der Waals surface area contributed by atoms with Crippen molar-refractivity contribution < 1.29 is 9.53 Å². The highest BCUT2D eigenvalue weighted by atomic mass is 79.9. The molecule has 1 rings (SSSR count). The van der Waals surface area contributed by atoms with Gasteiger partial charge in [-0.2, -0.15) is 0 Å². The number of aromatic nitrogens is 1. The average molecular weight is 271 g/mol. The number of hydrogen-bond acceptors (Lipinski definition) is 3. The first-order chi connectivity index (χ1) is 7.22. The Kier molecular flexibility index (Phi) is 4.83. The Morgan fingerprint density at radius 3 is 3.07 bits per heavy atom. The predicted molar refractivity (Wildman–Crippen MR) is 60.6 cm³/mol. The van der Waals surface area contributed by atoms with E-state index in [1.807, 2.05) is 0 Å². The van der Waals surface area contributed by atoms with Gasteiger partial charge in [0, 0.05) is 6.54 Å². The quantitative estimate of drug-likeness (QED) is 0.652. The van der Waals surface area contributed by atoms with E-state index in [0.29, 0.717) is 12.3 Å². The third kappa shape index (κ3) is 4.60. The molecule has 0 bridgehead atoms. The van der Waals surface area contributed by atoms with Gasteiger partial charge in [-0.3, -0.25) is 4.79 Å². The second-order valence-electron chi connectivity index (χ2n) is 2.70. The fourth-order valence-corrected chi connectivity index (χ4v) is 1.07. The van der Waals surface area contributed by atoms with Crippen LogP contribution in [0.1, 0.15) is 0 Å². The molecule has 0 spiro atoms. The van der Waals surface area contributed by atoms with Gasteiger partial charge in [-0.15, -0.1) is 6.58 Å². The summed E-state index contributed by atoms with van der Waals surface area (Å²) < 4.78 is 5.92. The lowest BCUT2D eigenvalue weighted by Crippen LogP contribution is -2.28. The van der Waals surface area contributed by atoms with Crippen molar-refractivity contribution in [1.29, 1.82) is 0 Å². The summed E-state index contributed by atoms with van der Waals surface area (Å²) in [6.45, 7) is 3.92. The predicted octanol–water partition coefficient (Wildman–Crippen LogP) is 1.53. The maximum Gasteiger partial charge on any atom is 0.258 e. The van der Waals surface area contributed by atoms with E-state index in [1.54, 1.807) is 24.4 Å². The van der Waals surface area contributed by atoms with Gasteiger partial charge in [-0.25, -0.2) is 4.98 Å². The van der Waals surface area contributed by atoms with E-state index in [2.05, 4.69) is 32.8 Å². The van der Waals surface area contributed by atoms with E-state index in [0.717, 1.165) is 4.60 Å². The van der Waals surface area contributed by atoms with E-state index in [4.69, 9.17) is 4.74 Å². The minimum Gasteiger partial charge on any atom is -0.482 e. The van der Waals surface area contributed by atoms with Crippen LogP contribution < -0.4 is 10.1 Å². The van der Waals surface area contributed by atoms with Crippen molar-refractivity contribution >= 4 is 21.8 Å². The van der Waals surface area contributed by atoms with Gasteiger partial charge in [0.25, 0.3) is 5.91 Å². The molecule has 0 atom stereocenters. The number of ether oxygens (including phenoxy) is 1. The fourth-order valence-electron chi connectivity index (χ4n) is 0.834. The zero-order valence-corrected chi connectivity index (χ0v) is 9.66. The largest absolute Gasteiger partial charge is 0.482 e. The Hall–Kier alpha value is -1.36. The molecule has 0 aromatic carbocycles. The van der Waals surface area contributed by atoms with E-state index < -0.39 is 0 Å². The van der Waals surface area contributed by atoms with Crippen molar-refractivity contribution in [3.05, 3.63) is 35.6 Å². The molecule has 5 heteroatoms. The number of halogens is 1.